The molecule has 0 aromatic heterocycles. The lowest BCUT2D eigenvalue weighted by atomic mass is 9.98. The molecular formula is C11H20N2O4. The molecule has 2 unspecified atom stereocenters. The Morgan fingerprint density at radius 3 is 2.59 bits per heavy atom. The van der Waals surface area contributed by atoms with Crippen molar-refractivity contribution in [1.29, 1.82) is 0 Å². The van der Waals surface area contributed by atoms with Crippen molar-refractivity contribution in [3.05, 3.63) is 0 Å². The van der Waals surface area contributed by atoms with Crippen LogP contribution in [0.25, 0.3) is 0 Å². The predicted octanol–water partition coefficient (Wildman–Crippen LogP) is -0.594. The number of amides is 1. The van der Waals surface area contributed by atoms with E-state index in [0.717, 1.165) is 6.42 Å². The Morgan fingerprint density at radius 1 is 1.53 bits per heavy atom. The van der Waals surface area contributed by atoms with Gasteiger partial charge in [-0.25, -0.2) is 4.79 Å². The van der Waals surface area contributed by atoms with Gasteiger partial charge in [0.05, 0.1) is 12.1 Å². The van der Waals surface area contributed by atoms with Crippen LogP contribution in [0, 0.1) is 5.92 Å². The summed E-state index contributed by atoms with van der Waals surface area (Å²) in [6, 6.07) is -1.65. The summed E-state index contributed by atoms with van der Waals surface area (Å²) in [5.74, 6) is -1.48. The summed E-state index contributed by atoms with van der Waals surface area (Å²) in [7, 11) is 0. The van der Waals surface area contributed by atoms with E-state index in [1.165, 1.54) is 4.90 Å². The summed E-state index contributed by atoms with van der Waals surface area (Å²) in [5.41, 5.74) is 5.79. The smallest absolute Gasteiger partial charge is 0.326 e. The molecule has 6 nitrogen and oxygen atoms in total. The summed E-state index contributed by atoms with van der Waals surface area (Å²) < 4.78 is 0. The minimum absolute atomic E-state index is 0.00492. The zero-order chi connectivity index (χ0) is 13.2. The quantitative estimate of drug-likeness (QED) is 0.613. The maximum absolute atomic E-state index is 12.0. The van der Waals surface area contributed by atoms with Gasteiger partial charge in [0.1, 0.15) is 6.04 Å². The largest absolute Gasteiger partial charge is 0.480 e. The minimum Gasteiger partial charge on any atom is -0.480 e. The third-order valence-corrected chi connectivity index (χ3v) is 3.39. The van der Waals surface area contributed by atoms with Crippen molar-refractivity contribution in [1.82, 2.24) is 4.90 Å². The van der Waals surface area contributed by atoms with E-state index in [1.807, 2.05) is 13.8 Å². The van der Waals surface area contributed by atoms with Gasteiger partial charge in [-0.2, -0.15) is 0 Å². The number of rotatable bonds is 4. The summed E-state index contributed by atoms with van der Waals surface area (Å²) in [6.07, 6.45) is 0.0548. The van der Waals surface area contributed by atoms with Crippen molar-refractivity contribution in [2.45, 2.75) is 44.9 Å². The monoisotopic (exact) mass is 244 g/mol. The molecule has 1 fully saturated rings. The number of carboxylic acid groups (broad SMARTS) is 1. The number of carbonyl (C=O) groups is 2. The number of nitrogens with zero attached hydrogens (tertiary/aromatic N) is 1. The Labute approximate surface area is 100 Å². The highest BCUT2D eigenvalue weighted by molar-refractivity contribution is 5.87. The molecule has 4 N–H and O–H groups in total. The number of hydrogen-bond acceptors (Lipinski definition) is 4. The van der Waals surface area contributed by atoms with Gasteiger partial charge in [0, 0.05) is 13.0 Å². The zero-order valence-corrected chi connectivity index (χ0v) is 10.2. The molecule has 1 rings (SSSR count). The standard InChI is InChI=1S/C11H20N2O4/c1-3-6(2)9(12)10(15)13-5-7(14)4-8(13)11(16)17/h6-9,14H,3-5,12H2,1-2H3,(H,16,17)/t6?,7-,8-,9?/m0/s1. The van der Waals surface area contributed by atoms with Gasteiger partial charge >= 0.3 is 5.97 Å². The molecule has 17 heavy (non-hydrogen) atoms. The van der Waals surface area contributed by atoms with Gasteiger partial charge in [-0.3, -0.25) is 4.79 Å². The molecule has 0 aromatic carbocycles. The maximum Gasteiger partial charge on any atom is 0.326 e. The number of aliphatic carboxylic acids is 1. The number of hydrogen-bond donors (Lipinski definition) is 3. The minimum atomic E-state index is -1.09. The number of carboxylic acids is 1. The zero-order valence-electron chi connectivity index (χ0n) is 10.2. The lowest BCUT2D eigenvalue weighted by Crippen LogP contribution is -2.50. The fourth-order valence-corrected chi connectivity index (χ4v) is 1.98. The van der Waals surface area contributed by atoms with Crippen molar-refractivity contribution in [3.8, 4) is 0 Å². The lowest BCUT2D eigenvalue weighted by Gasteiger charge is -2.27. The Hall–Kier alpha value is -1.14. The summed E-state index contributed by atoms with van der Waals surface area (Å²) >= 11 is 0. The molecule has 0 aromatic rings. The van der Waals surface area contributed by atoms with Crippen molar-refractivity contribution in [3.63, 3.8) is 0 Å². The van der Waals surface area contributed by atoms with E-state index >= 15 is 0 Å². The topological polar surface area (TPSA) is 104 Å². The normalized spacial score (nSPS) is 27.9. The highest BCUT2D eigenvalue weighted by Gasteiger charge is 2.41. The Balaban J connectivity index is 2.77. The van der Waals surface area contributed by atoms with E-state index in [-0.39, 0.29) is 24.8 Å². The molecule has 0 aliphatic carbocycles. The van der Waals surface area contributed by atoms with E-state index < -0.39 is 24.2 Å². The number of β-amino-alcohol motifs (C(OH)–C–C–N with tert-alkyl or cyclic N) is 1. The maximum atomic E-state index is 12.0. The van der Waals surface area contributed by atoms with Gasteiger partial charge in [-0.15, -0.1) is 0 Å². The van der Waals surface area contributed by atoms with E-state index in [2.05, 4.69) is 0 Å². The first kappa shape index (κ1) is 13.9. The fourth-order valence-electron chi connectivity index (χ4n) is 1.98. The number of aliphatic hydroxyl groups excluding tert-OH is 1. The highest BCUT2D eigenvalue weighted by Crippen LogP contribution is 2.20. The van der Waals surface area contributed by atoms with Gasteiger partial charge < -0.3 is 20.8 Å². The molecular weight excluding hydrogens is 224 g/mol. The van der Waals surface area contributed by atoms with E-state index in [1.54, 1.807) is 0 Å². The fraction of sp³-hybridized carbons (Fsp3) is 0.818. The molecule has 1 saturated heterocycles. The summed E-state index contributed by atoms with van der Waals surface area (Å²) in [6.45, 7) is 3.83. The van der Waals surface area contributed by atoms with E-state index in [0.29, 0.717) is 0 Å². The van der Waals surface area contributed by atoms with Crippen LogP contribution in [-0.4, -0.2) is 51.7 Å². The Morgan fingerprint density at radius 2 is 2.12 bits per heavy atom. The molecule has 0 bridgehead atoms. The molecule has 1 aliphatic heterocycles. The van der Waals surface area contributed by atoms with Crippen molar-refractivity contribution >= 4 is 11.9 Å². The second kappa shape index (κ2) is 5.46. The summed E-state index contributed by atoms with van der Waals surface area (Å²) in [5, 5.41) is 18.4. The second-order valence-corrected chi connectivity index (χ2v) is 4.65. The lowest BCUT2D eigenvalue weighted by molar-refractivity contribution is -0.149. The predicted molar refractivity (Wildman–Crippen MR) is 61.2 cm³/mol. The van der Waals surface area contributed by atoms with Crippen LogP contribution in [-0.2, 0) is 9.59 Å². The number of aliphatic hydroxyl groups is 1. The number of carbonyl (C=O) groups excluding carboxylic acids is 1. The number of likely N-dealkylation sites (tertiary alicyclic amines) is 1. The van der Waals surface area contributed by atoms with E-state index in [4.69, 9.17) is 10.8 Å². The molecule has 1 aliphatic rings. The van der Waals surface area contributed by atoms with Crippen LogP contribution >= 0.6 is 0 Å². The van der Waals surface area contributed by atoms with Crippen LogP contribution in [0.5, 0.6) is 0 Å². The average molecular weight is 244 g/mol. The Bertz CT molecular complexity index is 308. The highest BCUT2D eigenvalue weighted by atomic mass is 16.4. The Kier molecular flexibility index (Phi) is 4.47. The van der Waals surface area contributed by atoms with Crippen LogP contribution in [0.3, 0.4) is 0 Å². The van der Waals surface area contributed by atoms with Crippen LogP contribution in [0.2, 0.25) is 0 Å². The third-order valence-electron chi connectivity index (χ3n) is 3.39. The van der Waals surface area contributed by atoms with Crippen molar-refractivity contribution in [2.24, 2.45) is 11.7 Å². The van der Waals surface area contributed by atoms with E-state index in [9.17, 15) is 14.7 Å². The van der Waals surface area contributed by atoms with Gasteiger partial charge in [0.25, 0.3) is 0 Å². The average Bonchev–Trinajstić information content (AvgIpc) is 2.68. The first-order chi connectivity index (χ1) is 7.88. The first-order valence-electron chi connectivity index (χ1n) is 5.85. The first-order valence-corrected chi connectivity index (χ1v) is 5.85. The molecule has 0 radical (unpaired) electrons. The molecule has 6 heteroatoms. The molecule has 0 saturated carbocycles. The number of nitrogens with two attached hydrogens (primary N) is 1. The van der Waals surface area contributed by atoms with Crippen LogP contribution < -0.4 is 5.73 Å². The molecule has 98 valence electrons. The molecule has 1 heterocycles. The molecule has 1 amide bonds. The van der Waals surface area contributed by atoms with Crippen LogP contribution in [0.4, 0.5) is 0 Å². The summed E-state index contributed by atoms with van der Waals surface area (Å²) in [4.78, 5) is 24.2. The SMILES string of the molecule is CCC(C)C(N)C(=O)N1C[C@@H](O)C[C@H]1C(=O)O. The second-order valence-electron chi connectivity index (χ2n) is 4.65. The van der Waals surface area contributed by atoms with Gasteiger partial charge in [0.15, 0.2) is 0 Å². The third kappa shape index (κ3) is 2.95. The van der Waals surface area contributed by atoms with Crippen LogP contribution in [0.15, 0.2) is 0 Å². The van der Waals surface area contributed by atoms with Crippen molar-refractivity contribution < 1.29 is 19.8 Å². The van der Waals surface area contributed by atoms with Gasteiger partial charge in [0.2, 0.25) is 5.91 Å². The molecule has 4 atom stereocenters. The van der Waals surface area contributed by atoms with Crippen molar-refractivity contribution in [2.75, 3.05) is 6.54 Å². The van der Waals surface area contributed by atoms with Gasteiger partial charge in [-0.05, 0) is 5.92 Å². The van der Waals surface area contributed by atoms with Crippen LogP contribution in [0.1, 0.15) is 26.7 Å². The molecule has 0 spiro atoms. The van der Waals surface area contributed by atoms with Gasteiger partial charge in [-0.1, -0.05) is 20.3 Å².